The zero-order valence-corrected chi connectivity index (χ0v) is 6.71. The highest BCUT2D eigenvalue weighted by Crippen LogP contribution is 2.33. The van der Waals surface area contributed by atoms with E-state index in [4.69, 9.17) is 6.42 Å². The molecule has 0 heterocycles. The molecule has 6 heteroatoms. The highest BCUT2D eigenvalue weighted by molar-refractivity contribution is 8.01. The van der Waals surface area contributed by atoms with E-state index >= 15 is 0 Å². The summed E-state index contributed by atoms with van der Waals surface area (Å²) in [6.07, 6.45) is 5.10. The molecule has 0 aromatic carbocycles. The van der Waals surface area contributed by atoms with Crippen molar-refractivity contribution >= 4 is 18.2 Å². The van der Waals surface area contributed by atoms with Crippen LogP contribution >= 0.6 is 11.8 Å². The van der Waals surface area contributed by atoms with E-state index < -0.39 is 10.8 Å². The summed E-state index contributed by atoms with van der Waals surface area (Å²) in [5, 5.41) is 1.02. The van der Waals surface area contributed by atoms with Crippen molar-refractivity contribution in [2.45, 2.75) is 10.8 Å². The molecule has 0 aliphatic rings. The van der Waals surface area contributed by atoms with Crippen molar-refractivity contribution in [2.75, 3.05) is 6.54 Å². The van der Waals surface area contributed by atoms with Crippen LogP contribution in [0.15, 0.2) is 0 Å². The monoisotopic (exact) mass is 197 g/mol. The molecule has 0 rings (SSSR count). The number of halogens is 3. The molecule has 0 bridgehead atoms. The number of carbonyl (C=O) groups is 1. The molecule has 1 amide bonds. The summed E-state index contributed by atoms with van der Waals surface area (Å²) in [6, 6.07) is 0. The van der Waals surface area contributed by atoms with Crippen LogP contribution < -0.4 is 5.32 Å². The van der Waals surface area contributed by atoms with Gasteiger partial charge in [-0.05, 0) is 11.8 Å². The van der Waals surface area contributed by atoms with Crippen LogP contribution in [0.2, 0.25) is 0 Å². The normalized spacial score (nSPS) is 13.2. The Morgan fingerprint density at radius 1 is 1.67 bits per heavy atom. The van der Waals surface area contributed by atoms with Crippen molar-refractivity contribution in [2.24, 2.45) is 0 Å². The first-order valence-electron chi connectivity index (χ1n) is 2.87. The molecule has 1 N–H and O–H groups in total. The van der Waals surface area contributed by atoms with Crippen LogP contribution in [0.3, 0.4) is 0 Å². The summed E-state index contributed by atoms with van der Waals surface area (Å²) in [4.78, 5) is 9.72. The van der Waals surface area contributed by atoms with Crippen molar-refractivity contribution in [1.29, 1.82) is 0 Å². The van der Waals surface area contributed by atoms with E-state index in [-0.39, 0.29) is 18.3 Å². The Hall–Kier alpha value is -0.830. The topological polar surface area (TPSA) is 29.1 Å². The maximum atomic E-state index is 11.7. The van der Waals surface area contributed by atoms with E-state index in [1.165, 1.54) is 0 Å². The second-order valence-electron chi connectivity index (χ2n) is 1.74. The zero-order chi connectivity index (χ0) is 9.61. The molecule has 0 saturated carbocycles. The van der Waals surface area contributed by atoms with Gasteiger partial charge < -0.3 is 5.32 Å². The van der Waals surface area contributed by atoms with Gasteiger partial charge in [-0.25, -0.2) is 0 Å². The molecule has 0 radical (unpaired) electrons. The SMILES string of the molecule is C#CC(CNC=O)SC(F)(F)F. The Balaban J connectivity index is 3.85. The average Bonchev–Trinajstić information content (AvgIpc) is 1.95. The molecular formula is C6H6F3NOS. The molecular weight excluding hydrogens is 191 g/mol. The molecule has 0 aliphatic heterocycles. The van der Waals surface area contributed by atoms with Crippen molar-refractivity contribution in [3.63, 3.8) is 0 Å². The first-order chi connectivity index (χ1) is 5.49. The molecule has 0 saturated heterocycles. The summed E-state index contributed by atoms with van der Waals surface area (Å²) in [5.41, 5.74) is -4.36. The van der Waals surface area contributed by atoms with Gasteiger partial charge >= 0.3 is 5.51 Å². The third-order valence-electron chi connectivity index (χ3n) is 0.848. The van der Waals surface area contributed by atoms with Crippen LogP contribution in [0, 0.1) is 12.3 Å². The molecule has 0 aromatic rings. The van der Waals surface area contributed by atoms with Crippen LogP contribution in [0.1, 0.15) is 0 Å². The quantitative estimate of drug-likeness (QED) is 0.538. The molecule has 2 nitrogen and oxygen atoms in total. The van der Waals surface area contributed by atoms with Gasteiger partial charge in [0.15, 0.2) is 0 Å². The first-order valence-corrected chi connectivity index (χ1v) is 3.75. The number of carbonyl (C=O) groups excluding carboxylic acids is 1. The summed E-state index contributed by atoms with van der Waals surface area (Å²) in [5.74, 6) is 1.91. The number of nitrogens with one attached hydrogen (secondary N) is 1. The summed E-state index contributed by atoms with van der Waals surface area (Å²) >= 11 is -0.316. The van der Waals surface area contributed by atoms with E-state index in [1.807, 2.05) is 5.92 Å². The minimum atomic E-state index is -4.36. The fourth-order valence-corrected chi connectivity index (χ4v) is 1.02. The summed E-state index contributed by atoms with van der Waals surface area (Å²) in [6.45, 7) is -0.176. The number of terminal acetylenes is 1. The van der Waals surface area contributed by atoms with Gasteiger partial charge in [-0.2, -0.15) is 13.2 Å². The highest BCUT2D eigenvalue weighted by Gasteiger charge is 2.32. The predicted molar refractivity (Wildman–Crippen MR) is 40.3 cm³/mol. The third kappa shape index (κ3) is 5.92. The van der Waals surface area contributed by atoms with E-state index in [1.54, 1.807) is 0 Å². The number of hydrogen-bond acceptors (Lipinski definition) is 2. The Morgan fingerprint density at radius 3 is 2.58 bits per heavy atom. The molecule has 0 spiro atoms. The van der Waals surface area contributed by atoms with E-state index in [0.29, 0.717) is 6.41 Å². The minimum Gasteiger partial charge on any atom is -0.357 e. The number of hydrogen-bond donors (Lipinski definition) is 1. The van der Waals surface area contributed by atoms with Gasteiger partial charge in [0.05, 0.1) is 5.25 Å². The van der Waals surface area contributed by atoms with Crippen LogP contribution in [0.5, 0.6) is 0 Å². The van der Waals surface area contributed by atoms with Crippen molar-refractivity contribution in [1.82, 2.24) is 5.32 Å². The Kier molecular flexibility index (Phi) is 4.59. The molecule has 12 heavy (non-hydrogen) atoms. The van der Waals surface area contributed by atoms with Crippen LogP contribution in [-0.4, -0.2) is 23.7 Å². The Bertz CT molecular complexity index is 186. The fourth-order valence-electron chi connectivity index (χ4n) is 0.451. The van der Waals surface area contributed by atoms with Gasteiger partial charge in [-0.3, -0.25) is 4.79 Å². The number of alkyl halides is 3. The molecule has 0 aromatic heterocycles. The van der Waals surface area contributed by atoms with Gasteiger partial charge in [-0.15, -0.1) is 6.42 Å². The van der Waals surface area contributed by atoms with Gasteiger partial charge in [0.1, 0.15) is 0 Å². The number of thioether (sulfide) groups is 1. The molecule has 68 valence electrons. The molecule has 1 atom stereocenters. The average molecular weight is 197 g/mol. The van der Waals surface area contributed by atoms with Gasteiger partial charge in [0, 0.05) is 6.54 Å². The zero-order valence-electron chi connectivity index (χ0n) is 5.89. The van der Waals surface area contributed by atoms with Crippen molar-refractivity contribution < 1.29 is 18.0 Å². The second kappa shape index (κ2) is 4.93. The highest BCUT2D eigenvalue weighted by atomic mass is 32.2. The second-order valence-corrected chi connectivity index (χ2v) is 3.01. The summed E-state index contributed by atoms with van der Waals surface area (Å²) in [7, 11) is 0. The van der Waals surface area contributed by atoms with Crippen LogP contribution in [0.4, 0.5) is 13.2 Å². The van der Waals surface area contributed by atoms with Crippen molar-refractivity contribution in [3.05, 3.63) is 0 Å². The van der Waals surface area contributed by atoms with Crippen molar-refractivity contribution in [3.8, 4) is 12.3 Å². The fraction of sp³-hybridized carbons (Fsp3) is 0.500. The predicted octanol–water partition coefficient (Wildman–Crippen LogP) is 0.987. The van der Waals surface area contributed by atoms with Crippen LogP contribution in [-0.2, 0) is 4.79 Å². The van der Waals surface area contributed by atoms with E-state index in [2.05, 4.69) is 5.32 Å². The number of rotatable bonds is 4. The Labute approximate surface area is 71.9 Å². The van der Waals surface area contributed by atoms with Gasteiger partial charge in [0.25, 0.3) is 0 Å². The lowest BCUT2D eigenvalue weighted by Gasteiger charge is -2.11. The lowest BCUT2D eigenvalue weighted by Crippen LogP contribution is -2.24. The lowest BCUT2D eigenvalue weighted by atomic mass is 10.4. The largest absolute Gasteiger partial charge is 0.443 e. The standard InChI is InChI=1S/C6H6F3NOS/c1-2-5(3-10-4-11)12-6(7,8)9/h1,4-5H,3H2,(H,10,11). The van der Waals surface area contributed by atoms with E-state index in [0.717, 1.165) is 0 Å². The van der Waals surface area contributed by atoms with Gasteiger partial charge in [-0.1, -0.05) is 5.92 Å². The first kappa shape index (κ1) is 11.2. The van der Waals surface area contributed by atoms with Gasteiger partial charge in [0.2, 0.25) is 6.41 Å². The number of amides is 1. The minimum absolute atomic E-state index is 0.176. The molecule has 0 aliphatic carbocycles. The smallest absolute Gasteiger partial charge is 0.357 e. The lowest BCUT2D eigenvalue weighted by molar-refractivity contribution is -0.109. The summed E-state index contributed by atoms with van der Waals surface area (Å²) < 4.78 is 35.0. The molecule has 0 fully saturated rings. The maximum absolute atomic E-state index is 11.7. The van der Waals surface area contributed by atoms with E-state index in [9.17, 15) is 18.0 Å². The Morgan fingerprint density at radius 2 is 2.25 bits per heavy atom. The van der Waals surface area contributed by atoms with Crippen LogP contribution in [0.25, 0.3) is 0 Å². The maximum Gasteiger partial charge on any atom is 0.443 e. The third-order valence-corrected chi connectivity index (χ3v) is 1.70. The molecule has 1 unspecified atom stereocenters.